The van der Waals surface area contributed by atoms with Crippen LogP contribution in [0.15, 0.2) is 30.3 Å². The molecule has 0 aromatic heterocycles. The van der Waals surface area contributed by atoms with E-state index in [4.69, 9.17) is 0 Å². The van der Waals surface area contributed by atoms with Crippen LogP contribution in [-0.2, 0) is 16.1 Å². The molecule has 4 aliphatic rings. The number of rotatable bonds is 8. The lowest BCUT2D eigenvalue weighted by molar-refractivity contribution is -0.166. The lowest BCUT2D eigenvalue weighted by atomic mass is 9.77. The summed E-state index contributed by atoms with van der Waals surface area (Å²) in [5, 5.41) is 14.2. The van der Waals surface area contributed by atoms with E-state index in [0.29, 0.717) is 25.4 Å². The summed E-state index contributed by atoms with van der Waals surface area (Å²) in [6, 6.07) is 10.5. The molecule has 4 fully saturated rings. The summed E-state index contributed by atoms with van der Waals surface area (Å²) < 4.78 is 0. The van der Waals surface area contributed by atoms with Crippen molar-refractivity contribution >= 4 is 11.8 Å². The molecule has 210 valence electrons. The van der Waals surface area contributed by atoms with Gasteiger partial charge in [0.25, 0.3) is 0 Å². The van der Waals surface area contributed by atoms with Crippen LogP contribution < -0.4 is 5.32 Å². The summed E-state index contributed by atoms with van der Waals surface area (Å²) in [4.78, 5) is 34.6. The second-order valence-electron chi connectivity index (χ2n) is 12.2. The van der Waals surface area contributed by atoms with Gasteiger partial charge in [-0.3, -0.25) is 14.5 Å². The summed E-state index contributed by atoms with van der Waals surface area (Å²) in [6.45, 7) is 7.65. The number of aliphatic hydroxyl groups excluding tert-OH is 1. The van der Waals surface area contributed by atoms with Gasteiger partial charge in [0.05, 0.1) is 6.10 Å². The Hall–Kier alpha value is -1.96. The van der Waals surface area contributed by atoms with Gasteiger partial charge in [-0.1, -0.05) is 62.9 Å². The van der Waals surface area contributed by atoms with Gasteiger partial charge >= 0.3 is 0 Å². The predicted octanol–water partition coefficient (Wildman–Crippen LogP) is 3.55. The minimum absolute atomic E-state index is 0.0367. The van der Waals surface area contributed by atoms with Gasteiger partial charge < -0.3 is 20.2 Å². The Bertz CT molecular complexity index is 918. The highest BCUT2D eigenvalue weighted by Gasteiger charge is 2.55. The molecule has 2 N–H and O–H groups in total. The molecule has 7 nitrogen and oxygen atoms in total. The van der Waals surface area contributed by atoms with E-state index in [9.17, 15) is 14.7 Å². The van der Waals surface area contributed by atoms with Crippen molar-refractivity contribution in [2.24, 2.45) is 5.92 Å². The zero-order valence-electron chi connectivity index (χ0n) is 23.3. The fraction of sp³-hybridized carbons (Fsp3) is 0.742. The predicted molar refractivity (Wildman–Crippen MR) is 149 cm³/mol. The molecule has 0 unspecified atom stereocenters. The van der Waals surface area contributed by atoms with E-state index in [-0.39, 0.29) is 17.7 Å². The largest absolute Gasteiger partial charge is 0.390 e. The van der Waals surface area contributed by atoms with E-state index < -0.39 is 17.7 Å². The number of likely N-dealkylation sites (tertiary alicyclic amines) is 2. The van der Waals surface area contributed by atoms with Crippen molar-refractivity contribution in [2.75, 3.05) is 32.7 Å². The Morgan fingerprint density at radius 2 is 1.66 bits per heavy atom. The van der Waals surface area contributed by atoms with E-state index in [2.05, 4.69) is 52.4 Å². The molecule has 3 saturated heterocycles. The molecular weight excluding hydrogens is 476 g/mol. The van der Waals surface area contributed by atoms with Crippen LogP contribution in [0.4, 0.5) is 0 Å². The monoisotopic (exact) mass is 524 g/mol. The number of piperidine rings is 2. The van der Waals surface area contributed by atoms with E-state index in [1.165, 1.54) is 12.0 Å². The Balaban J connectivity index is 1.20. The second kappa shape index (κ2) is 12.5. The van der Waals surface area contributed by atoms with Crippen molar-refractivity contribution in [3.63, 3.8) is 0 Å². The third kappa shape index (κ3) is 5.80. The molecule has 0 bridgehead atoms. The number of nitrogens with one attached hydrogen (secondary N) is 1. The first-order valence-electron chi connectivity index (χ1n) is 15.3. The van der Waals surface area contributed by atoms with Crippen LogP contribution in [0.3, 0.4) is 0 Å². The van der Waals surface area contributed by atoms with Gasteiger partial charge in [0.15, 0.2) is 0 Å². The lowest BCUT2D eigenvalue weighted by Gasteiger charge is -2.54. The van der Waals surface area contributed by atoms with Gasteiger partial charge in [0, 0.05) is 32.2 Å². The van der Waals surface area contributed by atoms with Crippen molar-refractivity contribution < 1.29 is 14.7 Å². The fourth-order valence-electron chi connectivity index (χ4n) is 7.50. The zero-order chi connectivity index (χ0) is 26.5. The lowest BCUT2D eigenvalue weighted by Crippen LogP contribution is -2.75. The van der Waals surface area contributed by atoms with Gasteiger partial charge in [-0.15, -0.1) is 0 Å². The molecule has 0 radical (unpaired) electrons. The van der Waals surface area contributed by atoms with Gasteiger partial charge in [0.1, 0.15) is 11.6 Å². The van der Waals surface area contributed by atoms with Gasteiger partial charge in [-0.2, -0.15) is 0 Å². The summed E-state index contributed by atoms with van der Waals surface area (Å²) in [5.41, 5.74) is 0.609. The summed E-state index contributed by atoms with van der Waals surface area (Å²) >= 11 is 0. The van der Waals surface area contributed by atoms with Gasteiger partial charge in [-0.25, -0.2) is 0 Å². The number of carbonyl (C=O) groups is 2. The molecule has 1 aromatic rings. The molecule has 1 aromatic carbocycles. The zero-order valence-corrected chi connectivity index (χ0v) is 23.3. The average Bonchev–Trinajstić information content (AvgIpc) is 2.96. The highest BCUT2D eigenvalue weighted by atomic mass is 16.3. The number of piperazine rings is 1. The highest BCUT2D eigenvalue weighted by Crippen LogP contribution is 2.37. The minimum atomic E-state index is -0.792. The summed E-state index contributed by atoms with van der Waals surface area (Å²) in [7, 11) is 0. The number of carbonyl (C=O) groups excluding carboxylic acids is 2. The van der Waals surface area contributed by atoms with E-state index >= 15 is 0 Å². The summed E-state index contributed by atoms with van der Waals surface area (Å²) in [6.07, 6.45) is 10.0. The van der Waals surface area contributed by atoms with Crippen LogP contribution >= 0.6 is 0 Å². The van der Waals surface area contributed by atoms with Crippen LogP contribution in [0.2, 0.25) is 0 Å². The van der Waals surface area contributed by atoms with E-state index in [0.717, 1.165) is 84.1 Å². The maximum Gasteiger partial charge on any atom is 0.248 e. The van der Waals surface area contributed by atoms with Crippen LogP contribution in [0.1, 0.15) is 83.1 Å². The van der Waals surface area contributed by atoms with Gasteiger partial charge in [-0.05, 0) is 69.5 Å². The second-order valence-corrected chi connectivity index (χ2v) is 12.2. The molecule has 2 atom stereocenters. The molecule has 1 saturated carbocycles. The number of hydrogen-bond acceptors (Lipinski definition) is 5. The number of aliphatic hydroxyl groups is 1. The first-order chi connectivity index (χ1) is 18.5. The maximum atomic E-state index is 13.8. The van der Waals surface area contributed by atoms with Gasteiger partial charge in [0.2, 0.25) is 11.8 Å². The molecule has 38 heavy (non-hydrogen) atoms. The number of amides is 2. The SMILES string of the molecule is CCCCN1C(=O)[C@@H]([C@H](O)C2CCCCC2)NC(=O)C12CCN(C1CCN(Cc3ccccc3)CC1)CC2. The van der Waals surface area contributed by atoms with Crippen molar-refractivity contribution in [3.05, 3.63) is 35.9 Å². The standard InChI is InChI=1S/C31H48N4O3/c1-2-3-18-35-29(37)27(28(36)25-12-8-5-9-13-25)32-30(38)31(35)16-21-34(22-17-31)26-14-19-33(20-15-26)23-24-10-6-4-7-11-24/h4,6-7,10-11,25-28,36H,2-3,5,8-9,12-23H2,1H3,(H,32,38)/t27-,28-/m1/s1. The molecule has 1 aliphatic carbocycles. The van der Waals surface area contributed by atoms with Crippen molar-refractivity contribution in [3.8, 4) is 0 Å². The maximum absolute atomic E-state index is 13.8. The molecule has 5 rings (SSSR count). The first kappa shape index (κ1) is 27.6. The van der Waals surface area contributed by atoms with Crippen molar-refractivity contribution in [2.45, 2.75) is 108 Å². The Morgan fingerprint density at radius 1 is 0.974 bits per heavy atom. The normalized spacial score (nSPS) is 27.0. The van der Waals surface area contributed by atoms with Crippen LogP contribution in [0.5, 0.6) is 0 Å². The third-order valence-electron chi connectivity index (χ3n) is 9.92. The fourth-order valence-corrected chi connectivity index (χ4v) is 7.50. The van der Waals surface area contributed by atoms with Crippen LogP contribution in [0.25, 0.3) is 0 Å². The Kier molecular flexibility index (Phi) is 9.06. The smallest absolute Gasteiger partial charge is 0.248 e. The van der Waals surface area contributed by atoms with E-state index in [1.54, 1.807) is 0 Å². The quantitative estimate of drug-likeness (QED) is 0.544. The van der Waals surface area contributed by atoms with E-state index in [1.807, 2.05) is 4.90 Å². The minimum Gasteiger partial charge on any atom is -0.390 e. The van der Waals surface area contributed by atoms with Crippen LogP contribution in [0, 0.1) is 5.92 Å². The third-order valence-corrected chi connectivity index (χ3v) is 9.92. The van der Waals surface area contributed by atoms with Crippen molar-refractivity contribution in [1.82, 2.24) is 20.0 Å². The number of unbranched alkanes of at least 4 members (excludes halogenated alkanes) is 1. The molecule has 7 heteroatoms. The first-order valence-corrected chi connectivity index (χ1v) is 15.3. The topological polar surface area (TPSA) is 76.1 Å². The molecule has 3 aliphatic heterocycles. The Labute approximate surface area is 228 Å². The molecule has 2 amide bonds. The number of nitrogens with zero attached hydrogens (tertiary/aromatic N) is 3. The molecular formula is C31H48N4O3. The molecule has 1 spiro atoms. The molecule has 3 heterocycles. The number of hydrogen-bond donors (Lipinski definition) is 2. The van der Waals surface area contributed by atoms with Crippen molar-refractivity contribution in [1.29, 1.82) is 0 Å². The highest BCUT2D eigenvalue weighted by molar-refractivity contribution is 6.00. The Morgan fingerprint density at radius 3 is 2.32 bits per heavy atom. The number of benzene rings is 1. The summed E-state index contributed by atoms with van der Waals surface area (Å²) in [5.74, 6) is 0.0128. The van der Waals surface area contributed by atoms with Crippen LogP contribution in [-0.4, -0.2) is 88.1 Å². The average molecular weight is 525 g/mol.